The van der Waals surface area contributed by atoms with E-state index in [1.165, 1.54) is 0 Å². The molecular weight excluding hydrogens is 1060 g/mol. The van der Waals surface area contributed by atoms with E-state index in [0.717, 1.165) is 0 Å². The number of hydrogen-bond donors (Lipinski definition) is 0. The Morgan fingerprint density at radius 2 is 0.0370 bits per heavy atom. The zero-order valence-corrected chi connectivity index (χ0v) is 18.0. The van der Waals surface area contributed by atoms with Gasteiger partial charge in [0.2, 0.25) is 0 Å². The second kappa shape index (κ2) is 3330. The highest BCUT2D eigenvalue weighted by Gasteiger charge is 0.205. The van der Waals surface area contributed by atoms with Crippen LogP contribution in [0.2, 0.25) is 0 Å². The van der Waals surface area contributed by atoms with E-state index in [2.05, 4.69) is 0 Å². The molecule has 0 atom stereocenters. The van der Waals surface area contributed by atoms with Crippen LogP contribution in [0.15, 0.2) is 0 Å². The third-order valence-corrected chi connectivity index (χ3v) is 0. The normalized spacial score (nSPS) is 0. The standard InChI is InChI=1S/18Al.36H2O.54H/h;;;;;;;;;;;;;;;;;;36*1H2;;;;;;;;;;;;;;;;;;;;;;;;;;;;;;;;;;;;;;;;;;;;;;;;;;;;;;. The van der Waals surface area contributed by atoms with Crippen LogP contribution in [0.3, 0.4) is 0 Å². The van der Waals surface area contributed by atoms with Crippen LogP contribution in [0, 0.1) is 0 Å². The lowest BCUT2D eigenvalue weighted by Gasteiger charge is -0.413. The maximum Gasteiger partial charge on any atom is 0.187 e. The van der Waals surface area contributed by atoms with Gasteiger partial charge in [-0.15, -0.1) is 0 Å². The summed E-state index contributed by atoms with van der Waals surface area (Å²) in [5.74, 6) is 0. The van der Waals surface area contributed by atoms with Crippen molar-refractivity contribution in [2.45, 2.75) is 0 Å². The van der Waals surface area contributed by atoms with Crippen molar-refractivity contribution in [3.63, 3.8) is 0 Å². The molecule has 54 heavy (non-hydrogen) atoms. The summed E-state index contributed by atoms with van der Waals surface area (Å²) in [5, 5.41) is 0. The summed E-state index contributed by atoms with van der Waals surface area (Å²) < 4.78 is 0. The van der Waals surface area contributed by atoms with Crippen LogP contribution in [0.5, 0.6) is 0 Å². The minimum Gasteiger partial charge on any atom is -0.412 e. The van der Waals surface area contributed by atoms with Crippen molar-refractivity contribution in [3.05, 3.63) is 0 Å². The fourth-order valence-corrected chi connectivity index (χ4v) is 0. The molecule has 0 saturated carbocycles. The Kier molecular flexibility index (Phi) is 216000. The predicted molar refractivity (Wildman–Crippen MR) is 309 cm³/mol. The molecule has 0 aliphatic rings. The molecule has 0 aromatic heterocycles. The molecule has 396 valence electrons. The lowest BCUT2D eigenvalue weighted by atomic mass is 16.0. The van der Waals surface area contributed by atoms with Gasteiger partial charge in [-0.2, -0.15) is 0 Å². The Bertz CT molecular complexity index is 49.6. The Morgan fingerprint density at radius 1 is 0.0370 bits per heavy atom. The van der Waals surface area contributed by atoms with Crippen LogP contribution >= 0.6 is 0 Å². The minimum absolute atomic E-state index is 0. The van der Waals surface area contributed by atoms with Crippen LogP contribution in [0.25, 0.3) is 0 Å². The van der Waals surface area contributed by atoms with Gasteiger partial charge in [-0.25, -0.2) is 0 Å². The van der Waals surface area contributed by atoms with Gasteiger partial charge in [-0.05, 0) is 0 Å². The third kappa shape index (κ3) is 3170. The van der Waals surface area contributed by atoms with Crippen molar-refractivity contribution in [1.82, 2.24) is 0 Å². The Hall–Kier alpha value is 8.14. The van der Waals surface area contributed by atoms with Gasteiger partial charge < -0.3 is 197 Å². The van der Waals surface area contributed by atoms with Crippen LogP contribution in [-0.2, 0) is 0 Å². The zero-order chi connectivity index (χ0) is 0. The van der Waals surface area contributed by atoms with Crippen molar-refractivity contribution in [3.8, 4) is 0 Å². The zero-order valence-electron chi connectivity index (χ0n) is 18.0. The molecule has 0 rings (SSSR count). The largest absolute Gasteiger partial charge is 0.412 e. The molecule has 72 N–H and O–H groups in total. The van der Waals surface area contributed by atoms with E-state index in [-0.39, 0.29) is 510 Å². The van der Waals surface area contributed by atoms with Crippen molar-refractivity contribution in [1.29, 1.82) is 0 Å². The summed E-state index contributed by atoms with van der Waals surface area (Å²) >= 11 is 0. The first-order valence-electron chi connectivity index (χ1n) is 0. The van der Waals surface area contributed by atoms with Crippen LogP contribution in [0.4, 0.5) is 0 Å². The van der Waals surface area contributed by atoms with E-state index in [0.29, 0.717) is 0 Å². The topological polar surface area (TPSA) is 1130 Å². The summed E-state index contributed by atoms with van der Waals surface area (Å²) in [6, 6.07) is 0. The Labute approximate surface area is 502 Å². The van der Waals surface area contributed by atoms with Crippen molar-refractivity contribution in [2.24, 2.45) is 0 Å². The second-order valence-electron chi connectivity index (χ2n) is 0. The van der Waals surface area contributed by atoms with E-state index in [9.17, 15) is 0 Å². The van der Waals surface area contributed by atoms with E-state index in [1.54, 1.807) is 0 Å². The van der Waals surface area contributed by atoms with Crippen molar-refractivity contribution >= 4 is 312 Å². The lowest BCUT2D eigenvalue weighted by molar-refractivity contribution is 0.823. The molecule has 0 aliphatic heterocycles. The van der Waals surface area contributed by atoms with Gasteiger partial charge >= 0.3 is 0 Å². The molecule has 0 amide bonds. The average Bonchev–Trinajstić information content (AvgIpc) is 0. The van der Waals surface area contributed by atoms with Gasteiger partial charge in [0.05, 0.1) is 0 Å². The molecule has 0 bridgehead atoms. The van der Waals surface area contributed by atoms with Gasteiger partial charge in [-0.3, -0.25) is 0 Å². The minimum atomic E-state index is 0. The van der Waals surface area contributed by atoms with Gasteiger partial charge in [0.25, 0.3) is 0 Å². The van der Waals surface area contributed by atoms with E-state index in [1.807, 2.05) is 0 Å². The van der Waals surface area contributed by atoms with E-state index in [4.69, 9.17) is 0 Å². The van der Waals surface area contributed by atoms with E-state index < -0.39 is 0 Å². The molecular formula is H126Al18O36. The molecule has 0 aliphatic carbocycles. The molecule has 54 heteroatoms. The first-order valence-corrected chi connectivity index (χ1v) is 0. The molecule has 0 aromatic carbocycles. The summed E-state index contributed by atoms with van der Waals surface area (Å²) in [6.45, 7) is 0. The van der Waals surface area contributed by atoms with Gasteiger partial charge in [-0.1, -0.05) is 0 Å². The molecule has 0 spiro atoms. The first-order chi connectivity index (χ1) is 0. The lowest BCUT2D eigenvalue weighted by Crippen LogP contribution is -0.382. The number of rotatable bonds is 0. The maximum atomic E-state index is 0. The van der Waals surface area contributed by atoms with Crippen LogP contribution in [0.1, 0.15) is 0 Å². The molecule has 0 unspecified atom stereocenters. The molecule has 36 nitrogen and oxygen atoms in total. The third-order valence-electron chi connectivity index (χ3n) is 0. The summed E-state index contributed by atoms with van der Waals surface area (Å²) in [7, 11) is 0. The van der Waals surface area contributed by atoms with Gasteiger partial charge in [0, 0.05) is 0 Å². The summed E-state index contributed by atoms with van der Waals surface area (Å²) in [5.41, 5.74) is 0. The Morgan fingerprint density at radius 3 is 0.0370 bits per heavy atom. The van der Waals surface area contributed by atoms with Crippen LogP contribution < -0.4 is 0 Å². The average molecular weight is 1190 g/mol. The van der Waals surface area contributed by atoms with Gasteiger partial charge in [0.1, 0.15) is 0 Å². The summed E-state index contributed by atoms with van der Waals surface area (Å²) in [6.07, 6.45) is 0. The molecule has 0 aromatic rings. The highest BCUT2D eigenvalue weighted by atomic mass is 27.0. The fraction of sp³-hybridized carbons (Fsp3) is 0. The Balaban J connectivity index is 0. The SMILES string of the molecule is O.O.O.O.O.O.O.O.O.O.O.O.O.O.O.O.O.O.O.O.O.O.O.O.O.O.O.O.O.O.O.O.O.O.O.O.[AlH3].[AlH3].[AlH3].[AlH3].[AlH3].[AlH3].[AlH3].[AlH3].[AlH3].[AlH3].[AlH3].[AlH3].[AlH3].[AlH3].[AlH3].[AlH3].[AlH3].[AlH3]. The fourth-order valence-electron chi connectivity index (χ4n) is 0. The van der Waals surface area contributed by atoms with Crippen molar-refractivity contribution < 1.29 is 197 Å². The molecule has 0 saturated heterocycles. The van der Waals surface area contributed by atoms with Crippen LogP contribution in [-0.4, -0.2) is 510 Å². The maximum absolute atomic E-state index is 0. The van der Waals surface area contributed by atoms with Crippen molar-refractivity contribution in [2.75, 3.05) is 0 Å². The van der Waals surface area contributed by atoms with Gasteiger partial charge in [0.15, 0.2) is 312 Å². The summed E-state index contributed by atoms with van der Waals surface area (Å²) in [4.78, 5) is 0. The quantitative estimate of drug-likeness (QED) is 0.204. The smallest absolute Gasteiger partial charge is 0.187 e. The van der Waals surface area contributed by atoms with E-state index >= 15 is 0 Å². The highest BCUT2D eigenvalue weighted by Crippen LogP contribution is -0.249. The first kappa shape index (κ1) is 3500. The predicted octanol–water partition coefficient (Wildman–Crippen LogP) is -51.0. The molecule has 0 fully saturated rings. The molecule has 0 radical (unpaired) electrons. The second-order valence-corrected chi connectivity index (χ2v) is 0. The molecule has 0 heterocycles. The monoisotopic (exact) mass is 1190 g/mol. The highest BCUT2D eigenvalue weighted by molar-refractivity contribution is 5.77. The number of hydrogen-bond acceptors (Lipinski definition) is 0.